The minimum atomic E-state index is -0.128. The molecule has 0 aromatic carbocycles. The van der Waals surface area contributed by atoms with Crippen molar-refractivity contribution in [3.05, 3.63) is 22.8 Å². The monoisotopic (exact) mass is 218 g/mol. The van der Waals surface area contributed by atoms with E-state index >= 15 is 0 Å². The fourth-order valence-corrected chi connectivity index (χ4v) is 2.40. The van der Waals surface area contributed by atoms with E-state index in [4.69, 9.17) is 5.11 Å². The van der Waals surface area contributed by atoms with Gasteiger partial charge in [-0.05, 0) is 38.2 Å². The zero-order chi connectivity index (χ0) is 11.1. The molecule has 1 N–H and O–H groups in total. The number of rotatable bonds is 1. The van der Waals surface area contributed by atoms with E-state index in [1.54, 1.807) is 4.52 Å². The zero-order valence-electron chi connectivity index (χ0n) is 9.27. The summed E-state index contributed by atoms with van der Waals surface area (Å²) in [5.41, 5.74) is 3.59. The Bertz CT molecular complexity index is 546. The molecule has 0 saturated carbocycles. The summed E-state index contributed by atoms with van der Waals surface area (Å²) in [4.78, 5) is 8.63. The maximum atomic E-state index is 9.05. The van der Waals surface area contributed by atoms with Crippen molar-refractivity contribution in [3.63, 3.8) is 0 Å². The number of hydrogen-bond acceptors (Lipinski definition) is 4. The fraction of sp³-hybridized carbons (Fsp3) is 0.545. The molecular weight excluding hydrogens is 204 g/mol. The third-order valence-electron chi connectivity index (χ3n) is 3.17. The van der Waals surface area contributed by atoms with E-state index in [0.29, 0.717) is 11.6 Å². The second-order valence-corrected chi connectivity index (χ2v) is 4.23. The van der Waals surface area contributed by atoms with Gasteiger partial charge in [-0.25, -0.2) is 9.50 Å². The van der Waals surface area contributed by atoms with Crippen LogP contribution in [0.3, 0.4) is 0 Å². The summed E-state index contributed by atoms with van der Waals surface area (Å²) in [5, 5.41) is 13.3. The molecule has 0 unspecified atom stereocenters. The molecule has 0 spiro atoms. The first-order valence-corrected chi connectivity index (χ1v) is 5.64. The highest BCUT2D eigenvalue weighted by molar-refractivity contribution is 5.38. The molecule has 0 fully saturated rings. The van der Waals surface area contributed by atoms with Gasteiger partial charge in [-0.1, -0.05) is 0 Å². The lowest BCUT2D eigenvalue weighted by molar-refractivity contribution is 0.271. The fourth-order valence-electron chi connectivity index (χ4n) is 2.40. The van der Waals surface area contributed by atoms with Crippen LogP contribution in [0.1, 0.15) is 35.6 Å². The summed E-state index contributed by atoms with van der Waals surface area (Å²) in [6.45, 7) is 1.90. The standard InChI is InChI=1S/C11H14N4O/c1-7-8-4-2-3-5-9(8)15-11(12-7)13-10(6-16)14-15/h16H,2-6H2,1H3. The van der Waals surface area contributed by atoms with Gasteiger partial charge in [0.1, 0.15) is 6.61 Å². The lowest BCUT2D eigenvalue weighted by atomic mass is 9.95. The highest BCUT2D eigenvalue weighted by Crippen LogP contribution is 2.23. The Labute approximate surface area is 93.2 Å². The molecule has 2 heterocycles. The predicted molar refractivity (Wildman–Crippen MR) is 58.1 cm³/mol. The van der Waals surface area contributed by atoms with Crippen molar-refractivity contribution in [2.24, 2.45) is 0 Å². The third-order valence-corrected chi connectivity index (χ3v) is 3.17. The Morgan fingerprint density at radius 2 is 2.06 bits per heavy atom. The zero-order valence-corrected chi connectivity index (χ0v) is 9.27. The molecule has 3 rings (SSSR count). The predicted octanol–water partition coefficient (Wildman–Crippen LogP) is 0.804. The average Bonchev–Trinajstić information content (AvgIpc) is 2.72. The molecule has 1 aliphatic rings. The Morgan fingerprint density at radius 3 is 2.88 bits per heavy atom. The molecule has 5 nitrogen and oxygen atoms in total. The molecule has 0 atom stereocenters. The van der Waals surface area contributed by atoms with Crippen LogP contribution < -0.4 is 0 Å². The molecule has 16 heavy (non-hydrogen) atoms. The minimum absolute atomic E-state index is 0.128. The van der Waals surface area contributed by atoms with Gasteiger partial charge in [0, 0.05) is 5.69 Å². The second kappa shape index (κ2) is 3.52. The van der Waals surface area contributed by atoms with E-state index in [-0.39, 0.29) is 6.61 Å². The summed E-state index contributed by atoms with van der Waals surface area (Å²) in [6, 6.07) is 0. The topological polar surface area (TPSA) is 63.3 Å². The van der Waals surface area contributed by atoms with Crippen LogP contribution in [0.25, 0.3) is 5.78 Å². The van der Waals surface area contributed by atoms with Crippen molar-refractivity contribution in [2.45, 2.75) is 39.2 Å². The van der Waals surface area contributed by atoms with E-state index in [0.717, 1.165) is 18.5 Å². The molecule has 0 saturated heterocycles. The van der Waals surface area contributed by atoms with Crippen molar-refractivity contribution in [3.8, 4) is 0 Å². The molecule has 0 amide bonds. The van der Waals surface area contributed by atoms with Crippen molar-refractivity contribution in [1.29, 1.82) is 0 Å². The Morgan fingerprint density at radius 1 is 1.25 bits per heavy atom. The van der Waals surface area contributed by atoms with E-state index in [2.05, 4.69) is 15.1 Å². The Kier molecular flexibility index (Phi) is 2.14. The van der Waals surface area contributed by atoms with Crippen LogP contribution in [-0.4, -0.2) is 24.7 Å². The number of fused-ring (bicyclic) bond motifs is 3. The maximum Gasteiger partial charge on any atom is 0.252 e. The number of nitrogens with zero attached hydrogens (tertiary/aromatic N) is 4. The van der Waals surface area contributed by atoms with Crippen LogP contribution in [-0.2, 0) is 19.4 Å². The molecule has 0 radical (unpaired) electrons. The molecule has 0 aliphatic heterocycles. The third kappa shape index (κ3) is 1.31. The summed E-state index contributed by atoms with van der Waals surface area (Å²) in [7, 11) is 0. The molecule has 2 aromatic rings. The number of aliphatic hydroxyl groups is 1. The number of aryl methyl sites for hydroxylation is 2. The van der Waals surface area contributed by atoms with E-state index < -0.39 is 0 Å². The Balaban J connectivity index is 2.31. The van der Waals surface area contributed by atoms with Crippen molar-refractivity contribution in [2.75, 3.05) is 0 Å². The summed E-state index contributed by atoms with van der Waals surface area (Å²) >= 11 is 0. The van der Waals surface area contributed by atoms with Gasteiger partial charge >= 0.3 is 0 Å². The van der Waals surface area contributed by atoms with Crippen molar-refractivity contribution >= 4 is 5.78 Å². The van der Waals surface area contributed by atoms with Gasteiger partial charge in [-0.15, -0.1) is 5.10 Å². The first-order chi connectivity index (χ1) is 7.79. The van der Waals surface area contributed by atoms with Crippen LogP contribution in [0.15, 0.2) is 0 Å². The van der Waals surface area contributed by atoms with Gasteiger partial charge in [0.15, 0.2) is 5.82 Å². The van der Waals surface area contributed by atoms with Crippen molar-refractivity contribution in [1.82, 2.24) is 19.6 Å². The van der Waals surface area contributed by atoms with Crippen LogP contribution in [0.5, 0.6) is 0 Å². The molecule has 84 valence electrons. The summed E-state index contributed by atoms with van der Waals surface area (Å²) in [6.07, 6.45) is 4.53. The second-order valence-electron chi connectivity index (χ2n) is 4.23. The van der Waals surface area contributed by atoms with E-state index in [1.807, 2.05) is 6.92 Å². The van der Waals surface area contributed by atoms with Crippen molar-refractivity contribution < 1.29 is 5.11 Å². The lowest BCUT2D eigenvalue weighted by Crippen LogP contribution is -2.13. The quantitative estimate of drug-likeness (QED) is 0.769. The molecule has 5 heteroatoms. The lowest BCUT2D eigenvalue weighted by Gasteiger charge is -2.17. The first kappa shape index (κ1) is 9.72. The first-order valence-electron chi connectivity index (χ1n) is 5.64. The summed E-state index contributed by atoms with van der Waals surface area (Å²) in [5.74, 6) is 1.06. The van der Waals surface area contributed by atoms with Gasteiger partial charge in [0.05, 0.1) is 5.69 Å². The normalized spacial score (nSPS) is 15.4. The highest BCUT2D eigenvalue weighted by Gasteiger charge is 2.18. The van der Waals surface area contributed by atoms with Crippen LogP contribution in [0.2, 0.25) is 0 Å². The van der Waals surface area contributed by atoms with Crippen LogP contribution >= 0.6 is 0 Å². The highest BCUT2D eigenvalue weighted by atomic mass is 16.3. The largest absolute Gasteiger partial charge is 0.388 e. The van der Waals surface area contributed by atoms with Gasteiger partial charge in [-0.2, -0.15) is 4.98 Å². The molecule has 0 bridgehead atoms. The Hall–Kier alpha value is -1.49. The number of aliphatic hydroxyl groups excluding tert-OH is 1. The van der Waals surface area contributed by atoms with Gasteiger partial charge in [0.2, 0.25) is 0 Å². The van der Waals surface area contributed by atoms with E-state index in [9.17, 15) is 0 Å². The van der Waals surface area contributed by atoms with Gasteiger partial charge in [-0.3, -0.25) is 0 Å². The summed E-state index contributed by atoms with van der Waals surface area (Å²) < 4.78 is 1.80. The van der Waals surface area contributed by atoms with Gasteiger partial charge < -0.3 is 5.11 Å². The molecular formula is C11H14N4O. The maximum absolute atomic E-state index is 9.05. The minimum Gasteiger partial charge on any atom is -0.388 e. The van der Waals surface area contributed by atoms with Crippen LogP contribution in [0, 0.1) is 6.92 Å². The SMILES string of the molecule is Cc1nc2nc(CO)nn2c2c1CCCC2. The van der Waals surface area contributed by atoms with Crippen LogP contribution in [0.4, 0.5) is 0 Å². The van der Waals surface area contributed by atoms with E-state index in [1.165, 1.54) is 24.1 Å². The molecule has 1 aliphatic carbocycles. The van der Waals surface area contributed by atoms with Gasteiger partial charge in [0.25, 0.3) is 5.78 Å². The smallest absolute Gasteiger partial charge is 0.252 e. The average molecular weight is 218 g/mol. The molecule has 2 aromatic heterocycles. The number of aromatic nitrogens is 4. The number of hydrogen-bond donors (Lipinski definition) is 1.